The first-order valence-corrected chi connectivity index (χ1v) is 6.29. The van der Waals surface area contributed by atoms with Crippen molar-refractivity contribution in [1.29, 1.82) is 0 Å². The Labute approximate surface area is 121 Å². The van der Waals surface area contributed by atoms with Gasteiger partial charge in [-0.3, -0.25) is 14.4 Å². The predicted octanol–water partition coefficient (Wildman–Crippen LogP) is 1.33. The number of hydrogen-bond acceptors (Lipinski definition) is 3. The fourth-order valence-electron chi connectivity index (χ4n) is 1.71. The van der Waals surface area contributed by atoms with Gasteiger partial charge in [-0.05, 0) is 30.3 Å². The van der Waals surface area contributed by atoms with Gasteiger partial charge in [-0.15, -0.1) is 0 Å². The number of nitrogens with zero attached hydrogens (tertiary/aromatic N) is 1. The third kappa shape index (κ3) is 3.56. The van der Waals surface area contributed by atoms with Crippen LogP contribution in [0.3, 0.4) is 0 Å². The zero-order valence-electron chi connectivity index (χ0n) is 11.7. The SMILES string of the molecule is CN(C)C(=O)c1ccc(NC(=O)c2ccc(=O)[nH]c2)cc1. The van der Waals surface area contributed by atoms with E-state index in [1.165, 1.54) is 23.2 Å². The van der Waals surface area contributed by atoms with Crippen molar-refractivity contribution in [1.82, 2.24) is 9.88 Å². The summed E-state index contributed by atoms with van der Waals surface area (Å²) in [7, 11) is 3.35. The Bertz CT molecular complexity index is 697. The molecule has 0 saturated carbocycles. The molecule has 1 heterocycles. The summed E-state index contributed by atoms with van der Waals surface area (Å²) in [5, 5.41) is 2.69. The van der Waals surface area contributed by atoms with Crippen molar-refractivity contribution in [3.63, 3.8) is 0 Å². The maximum absolute atomic E-state index is 11.9. The Balaban J connectivity index is 2.10. The monoisotopic (exact) mass is 285 g/mol. The zero-order chi connectivity index (χ0) is 15.4. The number of hydrogen-bond donors (Lipinski definition) is 2. The number of pyridine rings is 1. The Hall–Kier alpha value is -2.89. The number of aromatic nitrogens is 1. The summed E-state index contributed by atoms with van der Waals surface area (Å²) < 4.78 is 0. The van der Waals surface area contributed by atoms with E-state index in [9.17, 15) is 14.4 Å². The third-order valence-electron chi connectivity index (χ3n) is 2.84. The van der Waals surface area contributed by atoms with Gasteiger partial charge in [0.2, 0.25) is 5.56 Å². The Morgan fingerprint density at radius 3 is 2.14 bits per heavy atom. The minimum absolute atomic E-state index is 0.103. The molecule has 0 saturated heterocycles. The van der Waals surface area contributed by atoms with E-state index in [-0.39, 0.29) is 17.4 Å². The van der Waals surface area contributed by atoms with Crippen LogP contribution in [0.1, 0.15) is 20.7 Å². The van der Waals surface area contributed by atoms with Crippen LogP contribution in [0.15, 0.2) is 47.4 Å². The standard InChI is InChI=1S/C15H15N3O3/c1-18(2)15(21)10-3-6-12(7-4-10)17-14(20)11-5-8-13(19)16-9-11/h3-9H,1-2H3,(H,16,19)(H,17,20). The second kappa shape index (κ2) is 6.04. The number of carbonyl (C=O) groups excluding carboxylic acids is 2. The summed E-state index contributed by atoms with van der Waals surface area (Å²) in [6, 6.07) is 9.32. The van der Waals surface area contributed by atoms with Crippen molar-refractivity contribution in [2.45, 2.75) is 0 Å². The second-order valence-corrected chi connectivity index (χ2v) is 4.67. The molecule has 0 aliphatic rings. The van der Waals surface area contributed by atoms with Crippen LogP contribution in [0.2, 0.25) is 0 Å². The molecule has 108 valence electrons. The van der Waals surface area contributed by atoms with Gasteiger partial charge >= 0.3 is 0 Å². The molecule has 1 aromatic heterocycles. The van der Waals surface area contributed by atoms with Crippen molar-refractivity contribution < 1.29 is 9.59 Å². The molecule has 0 aliphatic carbocycles. The molecule has 0 radical (unpaired) electrons. The van der Waals surface area contributed by atoms with Crippen LogP contribution in [0.4, 0.5) is 5.69 Å². The van der Waals surface area contributed by atoms with Gasteiger partial charge in [-0.25, -0.2) is 0 Å². The molecule has 2 amide bonds. The minimum Gasteiger partial charge on any atom is -0.345 e. The van der Waals surface area contributed by atoms with Gasteiger partial charge < -0.3 is 15.2 Å². The first-order valence-electron chi connectivity index (χ1n) is 6.29. The lowest BCUT2D eigenvalue weighted by Gasteiger charge is -2.11. The number of amides is 2. The summed E-state index contributed by atoms with van der Waals surface area (Å²) in [6.07, 6.45) is 1.35. The van der Waals surface area contributed by atoms with E-state index in [0.717, 1.165) is 0 Å². The lowest BCUT2D eigenvalue weighted by Crippen LogP contribution is -2.21. The Morgan fingerprint density at radius 1 is 1.00 bits per heavy atom. The van der Waals surface area contributed by atoms with Crippen molar-refractivity contribution in [2.24, 2.45) is 0 Å². The summed E-state index contributed by atoms with van der Waals surface area (Å²) in [5.41, 5.74) is 1.20. The van der Waals surface area contributed by atoms with Crippen LogP contribution in [-0.4, -0.2) is 35.8 Å². The highest BCUT2D eigenvalue weighted by Crippen LogP contribution is 2.12. The van der Waals surface area contributed by atoms with Gasteiger partial charge in [-0.1, -0.05) is 0 Å². The van der Waals surface area contributed by atoms with E-state index in [4.69, 9.17) is 0 Å². The molecule has 6 nitrogen and oxygen atoms in total. The molecule has 0 unspecified atom stereocenters. The average molecular weight is 285 g/mol. The van der Waals surface area contributed by atoms with Crippen LogP contribution < -0.4 is 10.9 Å². The van der Waals surface area contributed by atoms with Crippen molar-refractivity contribution in [3.8, 4) is 0 Å². The lowest BCUT2D eigenvalue weighted by molar-refractivity contribution is 0.0827. The van der Waals surface area contributed by atoms with Crippen LogP contribution in [0, 0.1) is 0 Å². The summed E-state index contributed by atoms with van der Waals surface area (Å²) >= 11 is 0. The van der Waals surface area contributed by atoms with E-state index >= 15 is 0 Å². The zero-order valence-corrected chi connectivity index (χ0v) is 11.7. The number of H-pyrrole nitrogens is 1. The van der Waals surface area contributed by atoms with Crippen LogP contribution in [-0.2, 0) is 0 Å². The minimum atomic E-state index is -0.335. The predicted molar refractivity (Wildman–Crippen MR) is 79.5 cm³/mol. The molecule has 2 aromatic rings. The summed E-state index contributed by atoms with van der Waals surface area (Å²) in [5.74, 6) is -0.438. The Morgan fingerprint density at radius 2 is 1.62 bits per heavy atom. The summed E-state index contributed by atoms with van der Waals surface area (Å²) in [4.78, 5) is 38.5. The normalized spacial score (nSPS) is 10.0. The number of carbonyl (C=O) groups is 2. The maximum Gasteiger partial charge on any atom is 0.257 e. The summed E-state index contributed by atoms with van der Waals surface area (Å²) in [6.45, 7) is 0. The van der Waals surface area contributed by atoms with Crippen LogP contribution in [0.25, 0.3) is 0 Å². The van der Waals surface area contributed by atoms with Crippen molar-refractivity contribution >= 4 is 17.5 Å². The maximum atomic E-state index is 11.9. The number of nitrogens with one attached hydrogen (secondary N) is 2. The molecule has 2 rings (SSSR count). The van der Waals surface area contributed by atoms with Gasteiger partial charge in [0.05, 0.1) is 5.56 Å². The average Bonchev–Trinajstić information content (AvgIpc) is 2.47. The molecule has 0 fully saturated rings. The third-order valence-corrected chi connectivity index (χ3v) is 2.84. The fourth-order valence-corrected chi connectivity index (χ4v) is 1.71. The number of rotatable bonds is 3. The number of benzene rings is 1. The Kier molecular flexibility index (Phi) is 4.18. The van der Waals surface area contributed by atoms with Gasteiger partial charge in [0.1, 0.15) is 0 Å². The fraction of sp³-hybridized carbons (Fsp3) is 0.133. The second-order valence-electron chi connectivity index (χ2n) is 4.67. The van der Waals surface area contributed by atoms with Crippen molar-refractivity contribution in [3.05, 3.63) is 64.1 Å². The molecular weight excluding hydrogens is 270 g/mol. The van der Waals surface area contributed by atoms with E-state index < -0.39 is 0 Å². The highest BCUT2D eigenvalue weighted by Gasteiger charge is 2.09. The van der Waals surface area contributed by atoms with Gasteiger partial charge in [0, 0.05) is 37.6 Å². The highest BCUT2D eigenvalue weighted by molar-refractivity contribution is 6.04. The topological polar surface area (TPSA) is 82.3 Å². The van der Waals surface area contributed by atoms with E-state index in [0.29, 0.717) is 16.8 Å². The van der Waals surface area contributed by atoms with Crippen molar-refractivity contribution in [2.75, 3.05) is 19.4 Å². The molecule has 21 heavy (non-hydrogen) atoms. The van der Waals surface area contributed by atoms with Crippen LogP contribution in [0.5, 0.6) is 0 Å². The lowest BCUT2D eigenvalue weighted by atomic mass is 10.2. The quantitative estimate of drug-likeness (QED) is 0.892. The smallest absolute Gasteiger partial charge is 0.257 e. The molecule has 6 heteroatoms. The molecule has 0 atom stereocenters. The number of anilines is 1. The number of aromatic amines is 1. The highest BCUT2D eigenvalue weighted by atomic mass is 16.2. The van der Waals surface area contributed by atoms with Crippen LogP contribution >= 0.6 is 0 Å². The first-order chi connectivity index (χ1) is 9.97. The molecule has 0 spiro atoms. The molecule has 0 bridgehead atoms. The van der Waals surface area contributed by atoms with E-state index in [2.05, 4.69) is 10.3 Å². The van der Waals surface area contributed by atoms with Gasteiger partial charge in [0.25, 0.3) is 11.8 Å². The molecule has 2 N–H and O–H groups in total. The largest absolute Gasteiger partial charge is 0.345 e. The first kappa shape index (κ1) is 14.5. The van der Waals surface area contributed by atoms with E-state index in [1.807, 2.05) is 0 Å². The van der Waals surface area contributed by atoms with E-state index in [1.54, 1.807) is 38.4 Å². The molecule has 0 aliphatic heterocycles. The van der Waals surface area contributed by atoms with Gasteiger partial charge in [0.15, 0.2) is 0 Å². The molecular formula is C15H15N3O3. The molecule has 1 aromatic carbocycles. The van der Waals surface area contributed by atoms with Gasteiger partial charge in [-0.2, -0.15) is 0 Å².